The summed E-state index contributed by atoms with van der Waals surface area (Å²) in [6.45, 7) is 5.87. The van der Waals surface area contributed by atoms with Crippen molar-refractivity contribution >= 4 is 45.1 Å². The maximum atomic E-state index is 12.3. The van der Waals surface area contributed by atoms with Crippen LogP contribution in [0.25, 0.3) is 0 Å². The van der Waals surface area contributed by atoms with E-state index < -0.39 is 5.97 Å². The molecule has 1 fully saturated rings. The Kier molecular flexibility index (Phi) is 5.28. The number of thiophene rings is 1. The van der Waals surface area contributed by atoms with E-state index in [1.165, 1.54) is 37.1 Å². The molecular weight excluding hydrogens is 322 g/mol. The molecule has 2 heterocycles. The van der Waals surface area contributed by atoms with Crippen LogP contribution in [0.4, 0.5) is 5.00 Å². The zero-order chi connectivity index (χ0) is 16.4. The van der Waals surface area contributed by atoms with E-state index >= 15 is 0 Å². The van der Waals surface area contributed by atoms with E-state index in [0.29, 0.717) is 29.3 Å². The summed E-state index contributed by atoms with van der Waals surface area (Å²) >= 11 is 2.69. The molecule has 22 heavy (non-hydrogen) atoms. The van der Waals surface area contributed by atoms with Gasteiger partial charge in [0.05, 0.1) is 12.7 Å². The quantitative estimate of drug-likeness (QED) is 0.788. The molecule has 0 aliphatic carbocycles. The van der Waals surface area contributed by atoms with Crippen LogP contribution in [0.5, 0.6) is 0 Å². The Balaban J connectivity index is 2.25. The highest BCUT2D eigenvalue weighted by atomic mass is 32.2. The number of nitrogens with zero attached hydrogens (tertiary/aromatic N) is 1. The topological polar surface area (TPSA) is 63.7 Å². The van der Waals surface area contributed by atoms with E-state index in [4.69, 9.17) is 4.74 Å². The number of carbonyl (C=O) groups is 3. The van der Waals surface area contributed by atoms with Gasteiger partial charge >= 0.3 is 5.97 Å². The SMILES string of the molecule is COC(=O)c1c(N2CC(CSC(C)=O)CC2=O)sc(C)c1C. The maximum Gasteiger partial charge on any atom is 0.341 e. The van der Waals surface area contributed by atoms with E-state index in [9.17, 15) is 14.4 Å². The van der Waals surface area contributed by atoms with Crippen LogP contribution >= 0.6 is 23.1 Å². The number of aryl methyl sites for hydroxylation is 1. The van der Waals surface area contributed by atoms with E-state index in [2.05, 4.69) is 0 Å². The van der Waals surface area contributed by atoms with Crippen LogP contribution in [0.3, 0.4) is 0 Å². The predicted octanol–water partition coefficient (Wildman–Crippen LogP) is 2.78. The molecule has 1 aromatic heterocycles. The summed E-state index contributed by atoms with van der Waals surface area (Å²) in [6, 6.07) is 0. The molecule has 2 rings (SSSR count). The summed E-state index contributed by atoms with van der Waals surface area (Å²) in [5, 5.41) is 0.728. The van der Waals surface area contributed by atoms with Crippen LogP contribution in [0.2, 0.25) is 0 Å². The number of hydrogen-bond acceptors (Lipinski definition) is 6. The molecule has 120 valence electrons. The van der Waals surface area contributed by atoms with Crippen molar-refractivity contribution in [3.8, 4) is 0 Å². The summed E-state index contributed by atoms with van der Waals surface area (Å²) in [4.78, 5) is 38.1. The smallest absolute Gasteiger partial charge is 0.341 e. The first-order chi connectivity index (χ1) is 10.3. The first-order valence-corrected chi connectivity index (χ1v) is 8.77. The Labute approximate surface area is 138 Å². The number of amides is 1. The zero-order valence-electron chi connectivity index (χ0n) is 13.1. The van der Waals surface area contributed by atoms with Crippen molar-refractivity contribution in [2.24, 2.45) is 5.92 Å². The number of thioether (sulfide) groups is 1. The van der Waals surface area contributed by atoms with Crippen LogP contribution < -0.4 is 4.90 Å². The lowest BCUT2D eigenvalue weighted by Crippen LogP contribution is -2.25. The third-order valence-electron chi connectivity index (χ3n) is 3.73. The zero-order valence-corrected chi connectivity index (χ0v) is 14.7. The third-order valence-corrected chi connectivity index (χ3v) is 6.00. The molecular formula is C15H19NO4S2. The van der Waals surface area contributed by atoms with Crippen molar-refractivity contribution in [2.75, 3.05) is 24.3 Å². The average Bonchev–Trinajstić information content (AvgIpc) is 2.97. The standard InChI is InChI=1S/C15H19NO4S2/c1-8-9(2)22-14(13(8)15(19)20-4)16-6-11(5-12(16)18)7-21-10(3)17/h11H,5-7H2,1-4H3. The van der Waals surface area contributed by atoms with Gasteiger partial charge in [-0.3, -0.25) is 9.59 Å². The molecule has 1 saturated heterocycles. The first-order valence-electron chi connectivity index (χ1n) is 6.97. The maximum absolute atomic E-state index is 12.3. The van der Waals surface area contributed by atoms with Gasteiger partial charge in [0, 0.05) is 30.5 Å². The number of ether oxygens (including phenoxy) is 1. The van der Waals surface area contributed by atoms with Gasteiger partial charge in [-0.2, -0.15) is 0 Å². The fourth-order valence-corrected chi connectivity index (χ4v) is 4.33. The number of esters is 1. The molecule has 0 N–H and O–H groups in total. The number of methoxy groups -OCH3 is 1. The Morgan fingerprint density at radius 3 is 2.68 bits per heavy atom. The highest BCUT2D eigenvalue weighted by Crippen LogP contribution is 2.39. The number of carbonyl (C=O) groups excluding carboxylic acids is 3. The van der Waals surface area contributed by atoms with Gasteiger partial charge in [-0.15, -0.1) is 11.3 Å². The Hall–Kier alpha value is -1.34. The van der Waals surface area contributed by atoms with Crippen LogP contribution in [0.15, 0.2) is 0 Å². The molecule has 0 aromatic carbocycles. The summed E-state index contributed by atoms with van der Waals surface area (Å²) in [5.74, 6) is 0.357. The monoisotopic (exact) mass is 341 g/mol. The van der Waals surface area contributed by atoms with Gasteiger partial charge in [0.15, 0.2) is 5.12 Å². The van der Waals surface area contributed by atoms with Gasteiger partial charge in [-0.05, 0) is 25.3 Å². The Morgan fingerprint density at radius 2 is 2.09 bits per heavy atom. The van der Waals surface area contributed by atoms with E-state index in [0.717, 1.165) is 10.4 Å². The molecule has 0 spiro atoms. The molecule has 1 aromatic rings. The summed E-state index contributed by atoms with van der Waals surface area (Å²) < 4.78 is 4.85. The minimum absolute atomic E-state index is 0.000514. The predicted molar refractivity (Wildman–Crippen MR) is 88.7 cm³/mol. The lowest BCUT2D eigenvalue weighted by molar-refractivity contribution is -0.117. The van der Waals surface area contributed by atoms with Crippen molar-refractivity contribution in [3.63, 3.8) is 0 Å². The number of anilines is 1. The fraction of sp³-hybridized carbons (Fsp3) is 0.533. The lowest BCUT2D eigenvalue weighted by Gasteiger charge is -2.16. The minimum Gasteiger partial charge on any atom is -0.465 e. The molecule has 0 saturated carbocycles. The number of rotatable bonds is 4. The van der Waals surface area contributed by atoms with Crippen LogP contribution in [-0.4, -0.2) is 36.4 Å². The van der Waals surface area contributed by atoms with E-state index in [-0.39, 0.29) is 16.9 Å². The first kappa shape index (κ1) is 17.0. The van der Waals surface area contributed by atoms with Gasteiger partial charge in [-0.25, -0.2) is 4.79 Å². The molecule has 1 atom stereocenters. The fourth-order valence-electron chi connectivity index (χ4n) is 2.47. The molecule has 0 radical (unpaired) electrons. The van der Waals surface area contributed by atoms with Crippen LogP contribution in [-0.2, 0) is 14.3 Å². The van der Waals surface area contributed by atoms with E-state index in [1.807, 2.05) is 13.8 Å². The molecule has 1 unspecified atom stereocenters. The van der Waals surface area contributed by atoms with Gasteiger partial charge in [-0.1, -0.05) is 11.8 Å². The summed E-state index contributed by atoms with van der Waals surface area (Å²) in [6.07, 6.45) is 0.414. The molecule has 5 nitrogen and oxygen atoms in total. The van der Waals surface area contributed by atoms with Crippen LogP contribution in [0, 0.1) is 19.8 Å². The van der Waals surface area contributed by atoms with Crippen molar-refractivity contribution in [1.82, 2.24) is 0 Å². The largest absolute Gasteiger partial charge is 0.465 e. The third kappa shape index (κ3) is 3.35. The summed E-state index contributed by atoms with van der Waals surface area (Å²) in [5.41, 5.74) is 1.35. The van der Waals surface area contributed by atoms with E-state index in [1.54, 1.807) is 4.90 Å². The highest BCUT2D eigenvalue weighted by molar-refractivity contribution is 8.13. The molecule has 0 bridgehead atoms. The normalized spacial score (nSPS) is 17.9. The molecule has 1 amide bonds. The van der Waals surface area contributed by atoms with Crippen molar-refractivity contribution in [2.45, 2.75) is 27.2 Å². The van der Waals surface area contributed by atoms with Crippen molar-refractivity contribution < 1.29 is 19.1 Å². The van der Waals surface area contributed by atoms with Crippen LogP contribution in [0.1, 0.15) is 34.1 Å². The van der Waals surface area contributed by atoms with Crippen molar-refractivity contribution in [3.05, 3.63) is 16.0 Å². The second-order valence-electron chi connectivity index (χ2n) is 5.33. The second kappa shape index (κ2) is 6.83. The lowest BCUT2D eigenvalue weighted by atomic mass is 10.1. The van der Waals surface area contributed by atoms with Gasteiger partial charge in [0.25, 0.3) is 0 Å². The summed E-state index contributed by atoms with van der Waals surface area (Å²) in [7, 11) is 1.34. The highest BCUT2D eigenvalue weighted by Gasteiger charge is 2.35. The van der Waals surface area contributed by atoms with Gasteiger partial charge in [0.2, 0.25) is 5.91 Å². The van der Waals surface area contributed by atoms with Crippen molar-refractivity contribution in [1.29, 1.82) is 0 Å². The number of hydrogen-bond donors (Lipinski definition) is 0. The second-order valence-corrected chi connectivity index (χ2v) is 7.73. The Morgan fingerprint density at radius 1 is 1.41 bits per heavy atom. The average molecular weight is 341 g/mol. The molecule has 1 aliphatic rings. The molecule has 1 aliphatic heterocycles. The Bertz CT molecular complexity index is 623. The molecule has 7 heteroatoms. The van der Waals surface area contributed by atoms with Gasteiger partial charge in [0.1, 0.15) is 5.00 Å². The minimum atomic E-state index is -0.411. The van der Waals surface area contributed by atoms with Gasteiger partial charge < -0.3 is 9.64 Å².